The fourth-order valence-corrected chi connectivity index (χ4v) is 2.34. The van der Waals surface area contributed by atoms with E-state index < -0.39 is 37.1 Å². The van der Waals surface area contributed by atoms with Crippen molar-refractivity contribution in [1.82, 2.24) is 14.5 Å². The smallest absolute Gasteiger partial charge is 0.217 e. The van der Waals surface area contributed by atoms with E-state index in [1.807, 2.05) is 0 Å². The van der Waals surface area contributed by atoms with Crippen molar-refractivity contribution in [3.05, 3.63) is 18.3 Å². The number of pyridine rings is 1. The molecule has 1 saturated heterocycles. The molecule has 0 aromatic carbocycles. The van der Waals surface area contributed by atoms with E-state index in [0.717, 1.165) is 6.07 Å². The molecular weight excluding hydrogens is 271 g/mol. The molecule has 1 fully saturated rings. The van der Waals surface area contributed by atoms with Crippen LogP contribution < -0.4 is 5.73 Å². The van der Waals surface area contributed by atoms with Crippen molar-refractivity contribution in [2.45, 2.75) is 24.5 Å². The summed E-state index contributed by atoms with van der Waals surface area (Å²) in [5.74, 6) is -0.867. The van der Waals surface area contributed by atoms with Crippen LogP contribution in [0.25, 0.3) is 11.0 Å². The second kappa shape index (κ2) is 4.63. The molecule has 0 saturated carbocycles. The first-order valence-corrected chi connectivity index (χ1v) is 5.94. The van der Waals surface area contributed by atoms with Gasteiger partial charge in [-0.05, 0) is 0 Å². The van der Waals surface area contributed by atoms with E-state index in [-0.39, 0.29) is 16.9 Å². The first-order valence-electron chi connectivity index (χ1n) is 5.94. The number of aromatic nitrogens is 3. The molecule has 2 aromatic heterocycles. The van der Waals surface area contributed by atoms with Crippen LogP contribution in [0.4, 0.5) is 10.2 Å². The molecule has 0 radical (unpaired) electrons. The molecule has 3 rings (SSSR count). The first kappa shape index (κ1) is 13.2. The van der Waals surface area contributed by atoms with E-state index >= 15 is 0 Å². The van der Waals surface area contributed by atoms with Crippen molar-refractivity contribution in [1.29, 1.82) is 0 Å². The van der Waals surface area contributed by atoms with Crippen LogP contribution in [0.15, 0.2) is 12.4 Å². The average Bonchev–Trinajstić information content (AvgIpc) is 2.93. The molecule has 8 nitrogen and oxygen atoms in total. The Bertz CT molecular complexity index is 649. The minimum absolute atomic E-state index is 0.0782. The van der Waals surface area contributed by atoms with Gasteiger partial charge in [0.2, 0.25) is 5.95 Å². The van der Waals surface area contributed by atoms with Gasteiger partial charge in [-0.15, -0.1) is 0 Å². The maximum Gasteiger partial charge on any atom is 0.217 e. The number of halogens is 1. The van der Waals surface area contributed by atoms with E-state index in [4.69, 9.17) is 15.6 Å². The van der Waals surface area contributed by atoms with Gasteiger partial charge < -0.3 is 30.4 Å². The molecule has 9 heteroatoms. The summed E-state index contributed by atoms with van der Waals surface area (Å²) in [5, 5.41) is 28.7. The number of hydrogen-bond acceptors (Lipinski definition) is 7. The van der Waals surface area contributed by atoms with E-state index in [0.29, 0.717) is 0 Å². The largest absolute Gasteiger partial charge is 0.394 e. The molecule has 0 amide bonds. The van der Waals surface area contributed by atoms with Crippen molar-refractivity contribution in [3.8, 4) is 0 Å². The second-order valence-electron chi connectivity index (χ2n) is 4.58. The summed E-state index contributed by atoms with van der Waals surface area (Å²) in [6, 6.07) is 1.10. The van der Waals surface area contributed by atoms with Crippen molar-refractivity contribution in [2.75, 3.05) is 12.3 Å². The SMILES string of the molecule is Nc1nc(F)cc2c1ncn2[C@@H]1O[C@H](CO)[C@@H](O)[C@@H]1O. The number of fused-ring (bicyclic) bond motifs is 1. The van der Waals surface area contributed by atoms with Crippen molar-refractivity contribution in [2.24, 2.45) is 0 Å². The first-order chi connectivity index (χ1) is 9.52. The van der Waals surface area contributed by atoms with Crippen LogP contribution in [0.1, 0.15) is 6.23 Å². The molecule has 0 bridgehead atoms. The monoisotopic (exact) mass is 284 g/mol. The van der Waals surface area contributed by atoms with Gasteiger partial charge in [0.25, 0.3) is 0 Å². The highest BCUT2D eigenvalue weighted by molar-refractivity contribution is 5.84. The molecule has 0 aliphatic carbocycles. The molecule has 20 heavy (non-hydrogen) atoms. The summed E-state index contributed by atoms with van der Waals surface area (Å²) in [5.41, 5.74) is 6.11. The number of ether oxygens (including phenoxy) is 1. The van der Waals surface area contributed by atoms with E-state index in [1.165, 1.54) is 10.9 Å². The van der Waals surface area contributed by atoms with Gasteiger partial charge in [0, 0.05) is 6.07 Å². The summed E-state index contributed by atoms with van der Waals surface area (Å²) >= 11 is 0. The third-order valence-electron chi connectivity index (χ3n) is 3.35. The van der Waals surface area contributed by atoms with Crippen LogP contribution in [-0.2, 0) is 4.74 Å². The topological polar surface area (TPSA) is 127 Å². The number of nitrogens with two attached hydrogens (primary N) is 1. The Labute approximate surface area is 112 Å². The third-order valence-corrected chi connectivity index (χ3v) is 3.35. The van der Waals surface area contributed by atoms with E-state index in [2.05, 4.69) is 9.97 Å². The molecule has 3 heterocycles. The summed E-state index contributed by atoms with van der Waals surface area (Å²) in [6.45, 7) is -0.445. The summed E-state index contributed by atoms with van der Waals surface area (Å²) in [6.07, 6.45) is -3.12. The summed E-state index contributed by atoms with van der Waals surface area (Å²) < 4.78 is 20.0. The number of rotatable bonds is 2. The average molecular weight is 284 g/mol. The molecule has 108 valence electrons. The van der Waals surface area contributed by atoms with Gasteiger partial charge >= 0.3 is 0 Å². The minimum atomic E-state index is -1.28. The third kappa shape index (κ3) is 1.83. The Balaban J connectivity index is 2.07. The second-order valence-corrected chi connectivity index (χ2v) is 4.58. The zero-order chi connectivity index (χ0) is 14.4. The van der Waals surface area contributed by atoms with Crippen LogP contribution in [0, 0.1) is 5.95 Å². The highest BCUT2D eigenvalue weighted by Gasteiger charge is 2.43. The number of nitrogen functional groups attached to an aromatic ring is 1. The van der Waals surface area contributed by atoms with Crippen LogP contribution in [-0.4, -0.2) is 54.8 Å². The van der Waals surface area contributed by atoms with E-state index in [1.54, 1.807) is 0 Å². The standard InChI is InChI=1S/C11H13FN4O4/c12-6-1-4-7(10(13)15-6)14-3-16(4)11-9(19)8(18)5(2-17)20-11/h1,3,5,8-9,11,17-19H,2H2,(H2,13,15)/t5-,8-,9+,11-/m1/s1. The number of aliphatic hydroxyl groups excluding tert-OH is 3. The highest BCUT2D eigenvalue weighted by atomic mass is 19.1. The minimum Gasteiger partial charge on any atom is -0.394 e. The fourth-order valence-electron chi connectivity index (χ4n) is 2.34. The Morgan fingerprint density at radius 3 is 2.80 bits per heavy atom. The maximum atomic E-state index is 13.3. The molecule has 1 aliphatic heterocycles. The van der Waals surface area contributed by atoms with Crippen molar-refractivity contribution >= 4 is 16.9 Å². The normalized spacial score (nSPS) is 30.2. The molecule has 5 N–H and O–H groups in total. The summed E-state index contributed by atoms with van der Waals surface area (Å²) in [4.78, 5) is 7.44. The van der Waals surface area contributed by atoms with Gasteiger partial charge in [0.1, 0.15) is 23.8 Å². The van der Waals surface area contributed by atoms with Crippen LogP contribution in [0.3, 0.4) is 0 Å². The van der Waals surface area contributed by atoms with Crippen LogP contribution in [0.2, 0.25) is 0 Å². The van der Waals surface area contributed by atoms with Gasteiger partial charge in [-0.25, -0.2) is 9.97 Å². The molecule has 4 atom stereocenters. The highest BCUT2D eigenvalue weighted by Crippen LogP contribution is 2.32. The molecule has 2 aromatic rings. The lowest BCUT2D eigenvalue weighted by Gasteiger charge is -2.17. The fraction of sp³-hybridized carbons (Fsp3) is 0.455. The molecule has 0 spiro atoms. The molecular formula is C11H13FN4O4. The Morgan fingerprint density at radius 1 is 1.40 bits per heavy atom. The van der Waals surface area contributed by atoms with Crippen molar-refractivity contribution in [3.63, 3.8) is 0 Å². The predicted octanol–water partition coefficient (Wildman–Crippen LogP) is -1.24. The molecule has 0 unspecified atom stereocenters. The van der Waals surface area contributed by atoms with Crippen LogP contribution >= 0.6 is 0 Å². The molecule has 1 aliphatic rings. The Hall–Kier alpha value is -1.81. The number of imidazole rings is 1. The Kier molecular flexibility index (Phi) is 3.05. The number of nitrogens with zero attached hydrogens (tertiary/aromatic N) is 3. The van der Waals surface area contributed by atoms with Gasteiger partial charge in [-0.1, -0.05) is 0 Å². The number of aliphatic hydroxyl groups is 3. The summed E-state index contributed by atoms with van der Waals surface area (Å²) in [7, 11) is 0. The lowest BCUT2D eigenvalue weighted by atomic mass is 10.1. The zero-order valence-electron chi connectivity index (χ0n) is 10.2. The maximum absolute atomic E-state index is 13.3. The zero-order valence-corrected chi connectivity index (χ0v) is 10.2. The lowest BCUT2D eigenvalue weighted by molar-refractivity contribution is -0.0509. The van der Waals surface area contributed by atoms with Crippen molar-refractivity contribution < 1.29 is 24.4 Å². The van der Waals surface area contributed by atoms with Crippen LogP contribution in [0.5, 0.6) is 0 Å². The Morgan fingerprint density at radius 2 is 2.15 bits per heavy atom. The van der Waals surface area contributed by atoms with Gasteiger partial charge in [-0.3, -0.25) is 0 Å². The van der Waals surface area contributed by atoms with E-state index in [9.17, 15) is 14.6 Å². The quantitative estimate of drug-likeness (QED) is 0.508. The lowest BCUT2D eigenvalue weighted by Crippen LogP contribution is -2.33. The van der Waals surface area contributed by atoms with Gasteiger partial charge in [0.05, 0.1) is 18.5 Å². The number of anilines is 1. The predicted molar refractivity (Wildman–Crippen MR) is 64.9 cm³/mol. The van der Waals surface area contributed by atoms with Gasteiger partial charge in [-0.2, -0.15) is 4.39 Å². The van der Waals surface area contributed by atoms with Gasteiger partial charge in [0.15, 0.2) is 12.0 Å². The number of hydrogen-bond donors (Lipinski definition) is 4.